The first-order valence-corrected chi connectivity index (χ1v) is 11.5. The van der Waals surface area contributed by atoms with E-state index in [4.69, 9.17) is 21.1 Å². The summed E-state index contributed by atoms with van der Waals surface area (Å²) in [5, 5.41) is 13.4. The van der Waals surface area contributed by atoms with Crippen molar-refractivity contribution in [3.05, 3.63) is 98.6 Å². The van der Waals surface area contributed by atoms with Crippen LogP contribution in [0.5, 0.6) is 11.5 Å². The lowest BCUT2D eigenvalue weighted by Crippen LogP contribution is -2.54. The maximum Gasteiger partial charge on any atom is 0.343 e. The minimum absolute atomic E-state index is 0.0507. The fourth-order valence-electron chi connectivity index (χ4n) is 3.49. The monoisotopic (exact) mass is 535 g/mol. The van der Waals surface area contributed by atoms with E-state index in [9.17, 15) is 29.3 Å². The van der Waals surface area contributed by atoms with E-state index in [2.05, 4.69) is 5.32 Å². The molecule has 11 nitrogen and oxygen atoms in total. The average Bonchev–Trinajstić information content (AvgIpc) is 2.89. The van der Waals surface area contributed by atoms with Crippen LogP contribution in [0.15, 0.2) is 72.3 Å². The van der Waals surface area contributed by atoms with Gasteiger partial charge in [0, 0.05) is 17.2 Å². The lowest BCUT2D eigenvalue weighted by Gasteiger charge is -2.26. The molecule has 0 atom stereocenters. The first kappa shape index (κ1) is 26.0. The van der Waals surface area contributed by atoms with E-state index < -0.39 is 28.7 Å². The molecule has 3 aromatic carbocycles. The number of carbonyl (C=O) groups excluding carboxylic acids is 4. The highest BCUT2D eigenvalue weighted by Crippen LogP contribution is 2.31. The van der Waals surface area contributed by atoms with E-state index >= 15 is 0 Å². The van der Waals surface area contributed by atoms with Crippen molar-refractivity contribution in [2.24, 2.45) is 0 Å². The van der Waals surface area contributed by atoms with Crippen LogP contribution < -0.4 is 19.7 Å². The van der Waals surface area contributed by atoms with Crippen LogP contribution in [0.2, 0.25) is 5.02 Å². The Balaban J connectivity index is 1.61. The van der Waals surface area contributed by atoms with Gasteiger partial charge in [-0.25, -0.2) is 14.5 Å². The van der Waals surface area contributed by atoms with Crippen molar-refractivity contribution in [3.8, 4) is 11.5 Å². The standard InChI is InChI=1S/C26H18ClN3O8/c1-2-37-22-14-15(3-12-21(22)38-25(33)16-4-8-19(9-5-16)30(35)36)13-20-23(31)28-26(34)29(24(20)32)18-10-6-17(27)7-11-18/h3-14H,2H2,1H3,(H,28,31,34)/b20-13+. The highest BCUT2D eigenvalue weighted by molar-refractivity contribution is 6.39. The molecule has 0 aromatic heterocycles. The second-order valence-electron chi connectivity index (χ2n) is 7.77. The molecule has 1 aliphatic heterocycles. The number of hydrogen-bond donors (Lipinski definition) is 1. The van der Waals surface area contributed by atoms with E-state index in [0.717, 1.165) is 4.90 Å². The van der Waals surface area contributed by atoms with Crippen LogP contribution in [0, 0.1) is 10.1 Å². The molecule has 192 valence electrons. The van der Waals surface area contributed by atoms with Crippen LogP contribution in [0.25, 0.3) is 6.08 Å². The number of nitrogens with zero attached hydrogens (tertiary/aromatic N) is 2. The van der Waals surface area contributed by atoms with Crippen LogP contribution in [0.1, 0.15) is 22.8 Å². The fraction of sp³-hybridized carbons (Fsp3) is 0.0769. The van der Waals surface area contributed by atoms with Gasteiger partial charge in [-0.1, -0.05) is 17.7 Å². The van der Waals surface area contributed by atoms with Gasteiger partial charge in [-0.15, -0.1) is 0 Å². The first-order chi connectivity index (χ1) is 18.2. The lowest BCUT2D eigenvalue weighted by atomic mass is 10.1. The number of benzene rings is 3. The zero-order chi connectivity index (χ0) is 27.4. The van der Waals surface area contributed by atoms with Gasteiger partial charge in [0.2, 0.25) is 0 Å². The molecule has 0 radical (unpaired) electrons. The number of carbonyl (C=O) groups is 4. The van der Waals surface area contributed by atoms with Crippen LogP contribution >= 0.6 is 11.6 Å². The number of urea groups is 1. The summed E-state index contributed by atoms with van der Waals surface area (Å²) in [5.74, 6) is -2.29. The zero-order valence-corrected chi connectivity index (χ0v) is 20.4. The largest absolute Gasteiger partial charge is 0.490 e. The quantitative estimate of drug-likeness (QED) is 0.116. The first-order valence-electron chi connectivity index (χ1n) is 11.1. The van der Waals surface area contributed by atoms with Crippen molar-refractivity contribution >= 4 is 52.9 Å². The predicted molar refractivity (Wildman–Crippen MR) is 136 cm³/mol. The highest BCUT2D eigenvalue weighted by atomic mass is 35.5. The van der Waals surface area contributed by atoms with Crippen molar-refractivity contribution in [2.75, 3.05) is 11.5 Å². The summed E-state index contributed by atoms with van der Waals surface area (Å²) >= 11 is 5.88. The minimum atomic E-state index is -0.900. The molecule has 1 aliphatic rings. The van der Waals surface area contributed by atoms with Gasteiger partial charge in [-0.05, 0) is 67.1 Å². The lowest BCUT2D eigenvalue weighted by molar-refractivity contribution is -0.384. The van der Waals surface area contributed by atoms with Crippen molar-refractivity contribution in [3.63, 3.8) is 0 Å². The van der Waals surface area contributed by atoms with Crippen molar-refractivity contribution in [1.82, 2.24) is 5.32 Å². The fourth-order valence-corrected chi connectivity index (χ4v) is 3.62. The van der Waals surface area contributed by atoms with Crippen molar-refractivity contribution in [1.29, 1.82) is 0 Å². The van der Waals surface area contributed by atoms with Gasteiger partial charge in [-0.2, -0.15) is 0 Å². The number of nitrogens with one attached hydrogen (secondary N) is 1. The molecule has 0 spiro atoms. The van der Waals surface area contributed by atoms with Gasteiger partial charge in [0.05, 0.1) is 22.8 Å². The molecular formula is C26H18ClN3O8. The third kappa shape index (κ3) is 5.52. The molecule has 1 saturated heterocycles. The minimum Gasteiger partial charge on any atom is -0.490 e. The van der Waals surface area contributed by atoms with E-state index in [1.807, 2.05) is 0 Å². The van der Waals surface area contributed by atoms with Gasteiger partial charge >= 0.3 is 12.0 Å². The number of esters is 1. The summed E-state index contributed by atoms with van der Waals surface area (Å²) in [7, 11) is 0. The van der Waals surface area contributed by atoms with Crippen molar-refractivity contribution in [2.45, 2.75) is 6.92 Å². The van der Waals surface area contributed by atoms with Crippen LogP contribution in [-0.2, 0) is 9.59 Å². The number of ether oxygens (including phenoxy) is 2. The van der Waals surface area contributed by atoms with Gasteiger partial charge in [0.25, 0.3) is 17.5 Å². The molecular weight excluding hydrogens is 518 g/mol. The number of barbiturate groups is 1. The van der Waals surface area contributed by atoms with E-state index in [1.54, 1.807) is 6.92 Å². The third-order valence-corrected chi connectivity index (χ3v) is 5.53. The van der Waals surface area contributed by atoms with Gasteiger partial charge in [-0.3, -0.25) is 25.0 Å². The Morgan fingerprint density at radius 2 is 1.71 bits per heavy atom. The van der Waals surface area contributed by atoms with E-state index in [1.165, 1.54) is 72.8 Å². The molecule has 1 N–H and O–H groups in total. The second kappa shape index (κ2) is 10.9. The maximum atomic E-state index is 13.1. The van der Waals surface area contributed by atoms with Crippen LogP contribution in [0.4, 0.5) is 16.2 Å². The Morgan fingerprint density at radius 3 is 2.34 bits per heavy atom. The molecule has 1 heterocycles. The zero-order valence-electron chi connectivity index (χ0n) is 19.7. The smallest absolute Gasteiger partial charge is 0.343 e. The number of nitro groups is 1. The summed E-state index contributed by atoms with van der Waals surface area (Å²) in [5.41, 5.74) is 0.177. The highest BCUT2D eigenvalue weighted by Gasteiger charge is 2.36. The van der Waals surface area contributed by atoms with Crippen LogP contribution in [0.3, 0.4) is 0 Å². The molecule has 4 amide bonds. The SMILES string of the molecule is CCOc1cc(/C=C2\C(=O)NC(=O)N(c3ccc(Cl)cc3)C2=O)ccc1OC(=O)c1ccc([N+](=O)[O-])cc1. The van der Waals surface area contributed by atoms with Crippen LogP contribution in [-0.4, -0.2) is 35.3 Å². The molecule has 38 heavy (non-hydrogen) atoms. The Kier molecular flexibility index (Phi) is 7.49. The number of amides is 4. The molecule has 0 aliphatic carbocycles. The Hall–Kier alpha value is -5.03. The number of imide groups is 2. The summed E-state index contributed by atoms with van der Waals surface area (Å²) in [6, 6.07) is 14.3. The van der Waals surface area contributed by atoms with E-state index in [-0.39, 0.29) is 40.6 Å². The summed E-state index contributed by atoms with van der Waals surface area (Å²) in [6.07, 6.45) is 1.28. The van der Waals surface area contributed by atoms with Gasteiger partial charge in [0.15, 0.2) is 11.5 Å². The molecule has 0 saturated carbocycles. The number of hydrogen-bond acceptors (Lipinski definition) is 8. The number of halogens is 1. The molecule has 0 unspecified atom stereocenters. The van der Waals surface area contributed by atoms with Gasteiger partial charge < -0.3 is 9.47 Å². The topological polar surface area (TPSA) is 145 Å². The van der Waals surface area contributed by atoms with E-state index in [0.29, 0.717) is 10.6 Å². The molecule has 4 rings (SSSR count). The number of anilines is 1. The molecule has 1 fully saturated rings. The predicted octanol–water partition coefficient (Wildman–Crippen LogP) is 4.53. The molecule has 0 bridgehead atoms. The maximum absolute atomic E-state index is 13.1. The number of rotatable bonds is 7. The second-order valence-corrected chi connectivity index (χ2v) is 8.20. The number of non-ortho nitro benzene ring substituents is 1. The average molecular weight is 536 g/mol. The van der Waals surface area contributed by atoms with Crippen molar-refractivity contribution < 1.29 is 33.6 Å². The molecule has 3 aromatic rings. The normalized spacial score (nSPS) is 14.3. The summed E-state index contributed by atoms with van der Waals surface area (Å²) in [4.78, 5) is 61.5. The third-order valence-electron chi connectivity index (χ3n) is 5.28. The Morgan fingerprint density at radius 1 is 1.03 bits per heavy atom. The number of nitro benzene ring substituents is 1. The summed E-state index contributed by atoms with van der Waals surface area (Å²) in [6.45, 7) is 1.92. The van der Waals surface area contributed by atoms with Gasteiger partial charge in [0.1, 0.15) is 5.57 Å². The Bertz CT molecular complexity index is 1480. The molecule has 12 heteroatoms. The summed E-state index contributed by atoms with van der Waals surface area (Å²) < 4.78 is 11.0. The Labute approximate surface area is 220 Å².